The summed E-state index contributed by atoms with van der Waals surface area (Å²) < 4.78 is 0. The van der Waals surface area contributed by atoms with Gasteiger partial charge >= 0.3 is 0 Å². The lowest BCUT2D eigenvalue weighted by Gasteiger charge is -2.27. The zero-order valence-corrected chi connectivity index (χ0v) is 13.5. The summed E-state index contributed by atoms with van der Waals surface area (Å²) in [5.74, 6) is 0. The molecule has 1 atom stereocenters. The minimum Gasteiger partial charge on any atom is -0.372 e. The molecule has 0 bridgehead atoms. The summed E-state index contributed by atoms with van der Waals surface area (Å²) in [7, 11) is 0. The highest BCUT2D eigenvalue weighted by atomic mass is 35.5. The molecule has 2 N–H and O–H groups in total. The molecule has 0 aromatic heterocycles. The highest BCUT2D eigenvalue weighted by Crippen LogP contribution is 2.44. The number of aliphatic hydroxyl groups is 1. The van der Waals surface area contributed by atoms with E-state index in [2.05, 4.69) is 5.32 Å². The molecule has 0 saturated heterocycles. The van der Waals surface area contributed by atoms with E-state index in [-0.39, 0.29) is 0 Å². The van der Waals surface area contributed by atoms with Gasteiger partial charge in [0.25, 0.3) is 0 Å². The van der Waals surface area contributed by atoms with Gasteiger partial charge in [0.1, 0.15) is 5.72 Å². The van der Waals surface area contributed by atoms with Gasteiger partial charge in [-0.25, -0.2) is 0 Å². The van der Waals surface area contributed by atoms with Crippen LogP contribution in [0.25, 0.3) is 11.1 Å². The van der Waals surface area contributed by atoms with Gasteiger partial charge in [0.2, 0.25) is 0 Å². The number of halogens is 2. The van der Waals surface area contributed by atoms with Gasteiger partial charge in [0.15, 0.2) is 0 Å². The second-order valence-corrected chi connectivity index (χ2v) is 6.44. The van der Waals surface area contributed by atoms with Gasteiger partial charge in [-0.2, -0.15) is 0 Å². The molecule has 1 unspecified atom stereocenters. The number of hydrogen-bond donors (Lipinski definition) is 2. The second-order valence-electron chi connectivity index (χ2n) is 5.57. The Bertz CT molecular complexity index is 710. The fourth-order valence-corrected chi connectivity index (χ4v) is 3.54. The van der Waals surface area contributed by atoms with Crippen molar-refractivity contribution in [1.82, 2.24) is 5.32 Å². The van der Waals surface area contributed by atoms with Crippen LogP contribution in [0.1, 0.15) is 30.5 Å². The molecular formula is C17H17Cl2NO. The minimum atomic E-state index is -1.12. The fourth-order valence-electron chi connectivity index (χ4n) is 3.10. The van der Waals surface area contributed by atoms with Crippen molar-refractivity contribution in [3.63, 3.8) is 0 Å². The molecule has 0 aliphatic heterocycles. The van der Waals surface area contributed by atoms with Crippen molar-refractivity contribution < 1.29 is 5.11 Å². The third-order valence-electron chi connectivity index (χ3n) is 3.95. The molecule has 0 spiro atoms. The predicted octanol–water partition coefficient (Wildman–Crippen LogP) is 4.34. The van der Waals surface area contributed by atoms with Crippen molar-refractivity contribution in [3.05, 3.63) is 57.1 Å². The number of hydrogen-bond acceptors (Lipinski definition) is 2. The van der Waals surface area contributed by atoms with Crippen molar-refractivity contribution in [2.45, 2.75) is 26.0 Å². The molecule has 2 aromatic carbocycles. The summed E-state index contributed by atoms with van der Waals surface area (Å²) in [4.78, 5) is 0. The second kappa shape index (κ2) is 5.29. The Balaban J connectivity index is 2.23. The lowest BCUT2D eigenvalue weighted by Crippen LogP contribution is -2.39. The fraction of sp³-hybridized carbons (Fsp3) is 0.294. The maximum absolute atomic E-state index is 10.8. The first-order valence-corrected chi connectivity index (χ1v) is 7.77. The van der Waals surface area contributed by atoms with Crippen LogP contribution in [0.4, 0.5) is 0 Å². The summed E-state index contributed by atoms with van der Waals surface area (Å²) in [5, 5.41) is 15.2. The molecule has 0 saturated carbocycles. The largest absolute Gasteiger partial charge is 0.372 e. The van der Waals surface area contributed by atoms with E-state index >= 15 is 0 Å². The summed E-state index contributed by atoms with van der Waals surface area (Å²) in [5.41, 5.74) is 4.19. The smallest absolute Gasteiger partial charge is 0.139 e. The van der Waals surface area contributed by atoms with Gasteiger partial charge in [0, 0.05) is 15.6 Å². The van der Waals surface area contributed by atoms with Crippen LogP contribution in [0.15, 0.2) is 30.3 Å². The first-order chi connectivity index (χ1) is 9.92. The molecule has 3 rings (SSSR count). The standard InChI is InChI=1S/C17H17Cl2NO/c1-3-20-17(2,21)15-9-13(19)8-11-6-10-7-12(18)4-5-14(10)16(11)15/h4-5,7-9,20-21H,3,6H2,1-2H3. The van der Waals surface area contributed by atoms with Crippen LogP contribution in [-0.4, -0.2) is 11.7 Å². The molecule has 0 amide bonds. The van der Waals surface area contributed by atoms with Crippen molar-refractivity contribution in [2.24, 2.45) is 0 Å². The highest BCUT2D eigenvalue weighted by molar-refractivity contribution is 6.31. The lowest BCUT2D eigenvalue weighted by atomic mass is 9.93. The van der Waals surface area contributed by atoms with Crippen LogP contribution < -0.4 is 5.32 Å². The third kappa shape index (κ3) is 2.58. The van der Waals surface area contributed by atoms with E-state index in [9.17, 15) is 5.11 Å². The topological polar surface area (TPSA) is 32.3 Å². The molecule has 0 radical (unpaired) electrons. The molecule has 21 heavy (non-hydrogen) atoms. The molecule has 2 aromatic rings. The van der Waals surface area contributed by atoms with E-state index in [0.29, 0.717) is 11.6 Å². The van der Waals surface area contributed by atoms with E-state index in [1.807, 2.05) is 37.3 Å². The van der Waals surface area contributed by atoms with Crippen molar-refractivity contribution in [3.8, 4) is 11.1 Å². The SMILES string of the molecule is CCNC(C)(O)c1cc(Cl)cc2c1-c1ccc(Cl)cc1C2. The number of nitrogens with one attached hydrogen (secondary N) is 1. The predicted molar refractivity (Wildman–Crippen MR) is 88.0 cm³/mol. The maximum atomic E-state index is 10.8. The van der Waals surface area contributed by atoms with E-state index in [0.717, 1.165) is 33.7 Å². The van der Waals surface area contributed by atoms with Crippen molar-refractivity contribution in [2.75, 3.05) is 6.54 Å². The normalized spacial score (nSPS) is 15.5. The Labute approximate surface area is 134 Å². The maximum Gasteiger partial charge on any atom is 0.139 e. The Morgan fingerprint density at radius 3 is 2.57 bits per heavy atom. The molecule has 0 fully saturated rings. The van der Waals surface area contributed by atoms with Gasteiger partial charge in [-0.3, -0.25) is 5.32 Å². The monoisotopic (exact) mass is 321 g/mol. The summed E-state index contributed by atoms with van der Waals surface area (Å²) in [6, 6.07) is 9.69. The van der Waals surface area contributed by atoms with Crippen LogP contribution in [-0.2, 0) is 12.1 Å². The highest BCUT2D eigenvalue weighted by Gasteiger charge is 2.31. The molecule has 110 valence electrons. The van der Waals surface area contributed by atoms with Crippen LogP contribution in [0, 0.1) is 0 Å². The quantitative estimate of drug-likeness (QED) is 0.703. The van der Waals surface area contributed by atoms with Crippen molar-refractivity contribution >= 4 is 23.2 Å². The van der Waals surface area contributed by atoms with E-state index in [1.54, 1.807) is 6.92 Å². The Morgan fingerprint density at radius 2 is 1.86 bits per heavy atom. The summed E-state index contributed by atoms with van der Waals surface area (Å²) in [6.45, 7) is 4.39. The van der Waals surface area contributed by atoms with Crippen LogP contribution in [0.5, 0.6) is 0 Å². The molecule has 1 aliphatic rings. The Morgan fingerprint density at radius 1 is 1.14 bits per heavy atom. The molecule has 4 heteroatoms. The number of benzene rings is 2. The molecule has 2 nitrogen and oxygen atoms in total. The van der Waals surface area contributed by atoms with Gasteiger partial charge < -0.3 is 5.11 Å². The number of rotatable bonds is 3. The lowest BCUT2D eigenvalue weighted by molar-refractivity contribution is 0.0224. The van der Waals surface area contributed by atoms with Crippen molar-refractivity contribution in [1.29, 1.82) is 0 Å². The van der Waals surface area contributed by atoms with Gasteiger partial charge in [-0.05, 0) is 66.4 Å². The van der Waals surface area contributed by atoms with E-state index in [1.165, 1.54) is 5.56 Å². The third-order valence-corrected chi connectivity index (χ3v) is 4.40. The average molecular weight is 322 g/mol. The molecule has 1 aliphatic carbocycles. The zero-order valence-electron chi connectivity index (χ0n) is 12.0. The zero-order chi connectivity index (χ0) is 15.2. The average Bonchev–Trinajstić information content (AvgIpc) is 2.74. The Hall–Kier alpha value is -1.06. The molecule has 0 heterocycles. The summed E-state index contributed by atoms with van der Waals surface area (Å²) in [6.07, 6.45) is 0.793. The molecular weight excluding hydrogens is 305 g/mol. The minimum absolute atomic E-state index is 0.640. The summed E-state index contributed by atoms with van der Waals surface area (Å²) >= 11 is 12.3. The van der Waals surface area contributed by atoms with E-state index < -0.39 is 5.72 Å². The number of fused-ring (bicyclic) bond motifs is 3. The first-order valence-electron chi connectivity index (χ1n) is 7.01. The van der Waals surface area contributed by atoms with E-state index in [4.69, 9.17) is 23.2 Å². The van der Waals surface area contributed by atoms with Crippen LogP contribution >= 0.6 is 23.2 Å². The van der Waals surface area contributed by atoms with Gasteiger partial charge in [0.05, 0.1) is 0 Å². The van der Waals surface area contributed by atoms with Crippen LogP contribution in [0.2, 0.25) is 10.0 Å². The Kier molecular flexibility index (Phi) is 3.74. The van der Waals surface area contributed by atoms with Gasteiger partial charge in [-0.1, -0.05) is 36.2 Å². The van der Waals surface area contributed by atoms with Gasteiger partial charge in [-0.15, -0.1) is 0 Å². The first kappa shape index (κ1) is 14.9. The van der Waals surface area contributed by atoms with Crippen LogP contribution in [0.3, 0.4) is 0 Å².